The van der Waals surface area contributed by atoms with Crippen molar-refractivity contribution in [2.45, 2.75) is 6.54 Å². The van der Waals surface area contributed by atoms with Gasteiger partial charge in [0.1, 0.15) is 0 Å². The molecule has 5 nitrogen and oxygen atoms in total. The highest BCUT2D eigenvalue weighted by molar-refractivity contribution is 7.15. The van der Waals surface area contributed by atoms with Gasteiger partial charge >= 0.3 is 0 Å². The molecule has 0 saturated heterocycles. The molecule has 0 aliphatic carbocycles. The van der Waals surface area contributed by atoms with Crippen LogP contribution in [-0.4, -0.2) is 9.55 Å². The maximum atomic E-state index is 11.4. The number of anilines is 1. The highest BCUT2D eigenvalue weighted by Crippen LogP contribution is 2.16. The Hall–Kier alpha value is -1.66. The van der Waals surface area contributed by atoms with E-state index in [1.54, 1.807) is 23.0 Å². The van der Waals surface area contributed by atoms with Crippen molar-refractivity contribution >= 4 is 16.5 Å². The summed E-state index contributed by atoms with van der Waals surface area (Å²) in [5, 5.41) is 0.647. The van der Waals surface area contributed by atoms with Gasteiger partial charge in [-0.05, 0) is 6.07 Å². The van der Waals surface area contributed by atoms with Crippen molar-refractivity contribution in [1.82, 2.24) is 9.55 Å². The summed E-state index contributed by atoms with van der Waals surface area (Å²) in [7, 11) is 0. The van der Waals surface area contributed by atoms with Crippen LogP contribution < -0.4 is 16.8 Å². The van der Waals surface area contributed by atoms with Crippen molar-refractivity contribution in [3.63, 3.8) is 0 Å². The van der Waals surface area contributed by atoms with Crippen molar-refractivity contribution < 1.29 is 0 Å². The lowest BCUT2D eigenvalue weighted by molar-refractivity contribution is 0.768. The Kier molecular flexibility index (Phi) is 2.79. The first kappa shape index (κ1) is 9.88. The number of pyridine rings is 1. The van der Waals surface area contributed by atoms with E-state index in [1.165, 1.54) is 17.4 Å². The van der Waals surface area contributed by atoms with E-state index < -0.39 is 0 Å². The first-order valence-corrected chi connectivity index (χ1v) is 5.18. The molecular weight excluding hydrogens is 212 g/mol. The van der Waals surface area contributed by atoms with E-state index in [-0.39, 0.29) is 5.56 Å². The number of nitrogens with zero attached hydrogens (tertiary/aromatic N) is 2. The largest absolute Gasteiger partial charge is 0.310 e. The monoisotopic (exact) mass is 222 g/mol. The predicted octanol–water partition coefficient (Wildman–Crippen LogP) is 0.639. The van der Waals surface area contributed by atoms with Gasteiger partial charge in [-0.25, -0.2) is 10.8 Å². The summed E-state index contributed by atoms with van der Waals surface area (Å²) < 4.78 is 1.62. The van der Waals surface area contributed by atoms with E-state index in [0.29, 0.717) is 11.7 Å². The Bertz CT molecular complexity index is 505. The van der Waals surface area contributed by atoms with Crippen molar-refractivity contribution in [3.05, 3.63) is 45.8 Å². The zero-order valence-corrected chi connectivity index (χ0v) is 8.70. The van der Waals surface area contributed by atoms with Crippen molar-refractivity contribution in [1.29, 1.82) is 0 Å². The summed E-state index contributed by atoms with van der Waals surface area (Å²) in [5.74, 6) is 5.22. The standard InChI is InChI=1S/C9H10N4OS/c10-12-9-11-5-7(15-9)6-13-4-2-1-3-8(13)14/h1-5H,6,10H2,(H,11,12). The van der Waals surface area contributed by atoms with E-state index in [1.807, 2.05) is 6.07 Å². The number of nitrogens with two attached hydrogens (primary N) is 1. The molecule has 0 atom stereocenters. The van der Waals surface area contributed by atoms with E-state index in [2.05, 4.69) is 10.4 Å². The molecule has 0 bridgehead atoms. The fourth-order valence-electron chi connectivity index (χ4n) is 1.21. The fourth-order valence-corrected chi connectivity index (χ4v) is 1.93. The summed E-state index contributed by atoms with van der Waals surface area (Å²) in [6.45, 7) is 0.527. The number of thiazole rings is 1. The summed E-state index contributed by atoms with van der Waals surface area (Å²) >= 11 is 1.43. The summed E-state index contributed by atoms with van der Waals surface area (Å²) in [4.78, 5) is 16.4. The second-order valence-electron chi connectivity index (χ2n) is 2.94. The molecule has 2 aromatic rings. The first-order chi connectivity index (χ1) is 7.29. The zero-order valence-electron chi connectivity index (χ0n) is 7.88. The Morgan fingerprint density at radius 2 is 2.40 bits per heavy atom. The van der Waals surface area contributed by atoms with Crippen molar-refractivity contribution in [3.8, 4) is 0 Å². The molecule has 0 amide bonds. The summed E-state index contributed by atoms with van der Waals surface area (Å²) in [6.07, 6.45) is 3.46. The van der Waals surface area contributed by atoms with Gasteiger partial charge in [-0.1, -0.05) is 17.4 Å². The molecule has 2 heterocycles. The van der Waals surface area contributed by atoms with Gasteiger partial charge in [0.15, 0.2) is 5.13 Å². The van der Waals surface area contributed by atoms with Crippen LogP contribution in [0, 0.1) is 0 Å². The van der Waals surface area contributed by atoms with Crippen LogP contribution in [0.15, 0.2) is 35.4 Å². The van der Waals surface area contributed by atoms with Crippen LogP contribution in [-0.2, 0) is 6.54 Å². The number of aromatic nitrogens is 2. The molecule has 0 aliphatic rings. The van der Waals surface area contributed by atoms with E-state index in [0.717, 1.165) is 4.88 Å². The average molecular weight is 222 g/mol. The van der Waals surface area contributed by atoms with Gasteiger partial charge in [0.05, 0.1) is 6.54 Å². The average Bonchev–Trinajstić information content (AvgIpc) is 2.69. The third-order valence-corrected chi connectivity index (χ3v) is 2.82. The molecule has 15 heavy (non-hydrogen) atoms. The minimum Gasteiger partial charge on any atom is -0.310 e. The minimum atomic E-state index is -0.0202. The van der Waals surface area contributed by atoms with Crippen LogP contribution in [0.3, 0.4) is 0 Å². The third-order valence-electron chi connectivity index (χ3n) is 1.90. The molecule has 78 valence electrons. The number of nitrogens with one attached hydrogen (secondary N) is 1. The Labute approximate surface area is 90.2 Å². The molecular formula is C9H10N4OS. The predicted molar refractivity (Wildman–Crippen MR) is 59.7 cm³/mol. The lowest BCUT2D eigenvalue weighted by Crippen LogP contribution is -2.17. The quantitative estimate of drug-likeness (QED) is 0.590. The summed E-state index contributed by atoms with van der Waals surface area (Å²) in [6, 6.07) is 5.08. The molecule has 0 spiro atoms. The smallest absolute Gasteiger partial charge is 0.250 e. The first-order valence-electron chi connectivity index (χ1n) is 4.36. The highest BCUT2D eigenvalue weighted by Gasteiger charge is 2.01. The van der Waals surface area contributed by atoms with E-state index in [4.69, 9.17) is 5.84 Å². The molecule has 6 heteroatoms. The lowest BCUT2D eigenvalue weighted by atomic mass is 10.4. The van der Waals surface area contributed by atoms with E-state index in [9.17, 15) is 4.79 Å². The van der Waals surface area contributed by atoms with Crippen molar-refractivity contribution in [2.24, 2.45) is 5.84 Å². The van der Waals surface area contributed by atoms with Crippen molar-refractivity contribution in [2.75, 3.05) is 5.43 Å². The van der Waals surface area contributed by atoms with Crippen LogP contribution in [0.1, 0.15) is 4.88 Å². The molecule has 0 fully saturated rings. The Morgan fingerprint density at radius 1 is 1.53 bits per heavy atom. The number of hydrogen-bond acceptors (Lipinski definition) is 5. The molecule has 0 unspecified atom stereocenters. The second-order valence-corrected chi connectivity index (χ2v) is 4.06. The SMILES string of the molecule is NNc1ncc(Cn2ccccc2=O)s1. The van der Waals surface area contributed by atoms with Gasteiger partial charge in [-0.15, -0.1) is 0 Å². The molecule has 0 radical (unpaired) electrons. The lowest BCUT2D eigenvalue weighted by Gasteiger charge is -2.00. The fraction of sp³-hybridized carbons (Fsp3) is 0.111. The van der Waals surface area contributed by atoms with Crippen LogP contribution in [0.25, 0.3) is 0 Å². The molecule has 2 aromatic heterocycles. The van der Waals surface area contributed by atoms with E-state index >= 15 is 0 Å². The van der Waals surface area contributed by atoms with Crippen LogP contribution in [0.2, 0.25) is 0 Å². The van der Waals surface area contributed by atoms with Gasteiger partial charge in [0, 0.05) is 23.3 Å². The van der Waals surface area contributed by atoms with Crippen LogP contribution in [0.5, 0.6) is 0 Å². The maximum absolute atomic E-state index is 11.4. The Balaban J connectivity index is 2.22. The minimum absolute atomic E-state index is 0.0202. The van der Waals surface area contributed by atoms with Crippen LogP contribution in [0.4, 0.5) is 5.13 Å². The second kappa shape index (κ2) is 4.24. The topological polar surface area (TPSA) is 72.9 Å². The molecule has 0 saturated carbocycles. The van der Waals surface area contributed by atoms with Gasteiger partial charge < -0.3 is 4.57 Å². The number of rotatable bonds is 3. The molecule has 0 aliphatic heterocycles. The summed E-state index contributed by atoms with van der Waals surface area (Å²) in [5.41, 5.74) is 2.45. The van der Waals surface area contributed by atoms with Gasteiger partial charge in [0.25, 0.3) is 5.56 Å². The number of hydrogen-bond donors (Lipinski definition) is 2. The Morgan fingerprint density at radius 3 is 3.07 bits per heavy atom. The van der Waals surface area contributed by atoms with Gasteiger partial charge in [-0.3, -0.25) is 10.2 Å². The number of nitrogen functional groups attached to an aromatic ring is 1. The molecule has 3 N–H and O–H groups in total. The maximum Gasteiger partial charge on any atom is 0.250 e. The molecule has 0 aromatic carbocycles. The highest BCUT2D eigenvalue weighted by atomic mass is 32.1. The van der Waals surface area contributed by atoms with Gasteiger partial charge in [0.2, 0.25) is 0 Å². The normalized spacial score (nSPS) is 10.2. The van der Waals surface area contributed by atoms with Crippen LogP contribution >= 0.6 is 11.3 Å². The van der Waals surface area contributed by atoms with Gasteiger partial charge in [-0.2, -0.15) is 0 Å². The third kappa shape index (κ3) is 2.23. The molecule has 2 rings (SSSR count). The number of hydrazine groups is 1. The zero-order chi connectivity index (χ0) is 10.7.